The van der Waals surface area contributed by atoms with Gasteiger partial charge in [0.1, 0.15) is 12.7 Å². The van der Waals surface area contributed by atoms with Gasteiger partial charge in [0.2, 0.25) is 0 Å². The third-order valence-corrected chi connectivity index (χ3v) is 5.10. The highest BCUT2D eigenvalue weighted by molar-refractivity contribution is 8.35. The fourth-order valence-corrected chi connectivity index (χ4v) is 4.82. The van der Waals surface area contributed by atoms with Gasteiger partial charge in [-0.2, -0.15) is 0 Å². The van der Waals surface area contributed by atoms with E-state index in [2.05, 4.69) is 15.0 Å². The number of hydrogen-bond donors (Lipinski definition) is 0. The van der Waals surface area contributed by atoms with Crippen LogP contribution in [0.2, 0.25) is 0 Å². The minimum atomic E-state index is 0.820. The third-order valence-electron chi connectivity index (χ3n) is 1.22. The minimum absolute atomic E-state index is 0.820. The maximum Gasteiger partial charge on any atom is 0.160 e. The lowest BCUT2D eigenvalue weighted by Crippen LogP contribution is -2.02. The van der Waals surface area contributed by atoms with Crippen LogP contribution in [0.5, 0.6) is 0 Å². The van der Waals surface area contributed by atoms with Crippen LogP contribution in [0.4, 0.5) is 0 Å². The van der Waals surface area contributed by atoms with E-state index >= 15 is 0 Å². The summed E-state index contributed by atoms with van der Waals surface area (Å²) in [5.41, 5.74) is 0. The van der Waals surface area contributed by atoms with E-state index in [1.54, 1.807) is 23.5 Å². The van der Waals surface area contributed by atoms with Gasteiger partial charge in [0.05, 0.1) is 0 Å². The third kappa shape index (κ3) is 2.05. The molecule has 0 aliphatic carbocycles. The number of thioether (sulfide) groups is 3. The fourth-order valence-electron chi connectivity index (χ4n) is 0.740. The average Bonchev–Trinajstić information content (AvgIpc) is 2.21. The number of hydrogen-bond acceptors (Lipinski definition) is 6. The standard InChI is InChI=1S/C6H6N3S3/c1-7-2-9-5(8-1)6-11-3-10-4-12-6/h1-2H,3-4H2. The highest BCUT2D eigenvalue weighted by Gasteiger charge is 2.20. The molecule has 1 aromatic rings. The molecule has 1 fully saturated rings. The molecule has 1 saturated heterocycles. The molecule has 6 heteroatoms. The van der Waals surface area contributed by atoms with Crippen LogP contribution in [0.15, 0.2) is 12.7 Å². The van der Waals surface area contributed by atoms with Gasteiger partial charge < -0.3 is 0 Å². The Morgan fingerprint density at radius 2 is 1.75 bits per heavy atom. The quantitative estimate of drug-likeness (QED) is 0.713. The summed E-state index contributed by atoms with van der Waals surface area (Å²) in [7, 11) is 0. The maximum atomic E-state index is 4.09. The normalized spacial score (nSPS) is 19.3. The van der Waals surface area contributed by atoms with E-state index in [9.17, 15) is 0 Å². The van der Waals surface area contributed by atoms with Crippen LogP contribution in [0.1, 0.15) is 5.82 Å². The Morgan fingerprint density at radius 3 is 2.42 bits per heavy atom. The molecule has 3 nitrogen and oxygen atoms in total. The zero-order valence-corrected chi connectivity index (χ0v) is 8.58. The van der Waals surface area contributed by atoms with Gasteiger partial charge in [0.15, 0.2) is 10.4 Å². The van der Waals surface area contributed by atoms with Crippen molar-refractivity contribution in [2.24, 2.45) is 0 Å². The molecule has 2 heterocycles. The van der Waals surface area contributed by atoms with Crippen molar-refractivity contribution in [3.8, 4) is 0 Å². The molecule has 0 bridgehead atoms. The Kier molecular flexibility index (Phi) is 3.13. The van der Waals surface area contributed by atoms with Crippen LogP contribution in [-0.2, 0) is 0 Å². The zero-order chi connectivity index (χ0) is 8.23. The molecule has 1 aromatic heterocycles. The number of rotatable bonds is 1. The molecule has 2 rings (SSSR count). The van der Waals surface area contributed by atoms with Gasteiger partial charge in [-0.05, 0) is 0 Å². The van der Waals surface area contributed by atoms with Crippen LogP contribution < -0.4 is 0 Å². The second-order valence-corrected chi connectivity index (χ2v) is 5.92. The zero-order valence-electron chi connectivity index (χ0n) is 6.14. The van der Waals surface area contributed by atoms with Gasteiger partial charge in [-0.15, -0.1) is 35.3 Å². The molecule has 0 unspecified atom stereocenters. The van der Waals surface area contributed by atoms with Gasteiger partial charge in [0.25, 0.3) is 0 Å². The molecule has 0 spiro atoms. The summed E-state index contributed by atoms with van der Waals surface area (Å²) in [6.07, 6.45) is 3.08. The van der Waals surface area contributed by atoms with Crippen LogP contribution in [0, 0.1) is 4.58 Å². The molecule has 63 valence electrons. The second kappa shape index (κ2) is 4.34. The Bertz CT molecular complexity index is 237. The smallest absolute Gasteiger partial charge is 0.160 e. The van der Waals surface area contributed by atoms with Crippen molar-refractivity contribution in [1.29, 1.82) is 0 Å². The summed E-state index contributed by atoms with van der Waals surface area (Å²) in [5.74, 6) is 0.820. The first-order chi connectivity index (χ1) is 5.97. The van der Waals surface area contributed by atoms with E-state index in [0.29, 0.717) is 0 Å². The van der Waals surface area contributed by atoms with Gasteiger partial charge in [-0.1, -0.05) is 0 Å². The van der Waals surface area contributed by atoms with Crippen molar-refractivity contribution in [2.45, 2.75) is 0 Å². The monoisotopic (exact) mass is 216 g/mol. The van der Waals surface area contributed by atoms with E-state index in [-0.39, 0.29) is 0 Å². The van der Waals surface area contributed by atoms with E-state index < -0.39 is 0 Å². The summed E-state index contributed by atoms with van der Waals surface area (Å²) in [4.78, 5) is 12.0. The molecule has 0 aromatic carbocycles. The number of nitrogens with zero attached hydrogens (tertiary/aromatic N) is 3. The first-order valence-electron chi connectivity index (χ1n) is 3.29. The topological polar surface area (TPSA) is 38.7 Å². The fraction of sp³-hybridized carbons (Fsp3) is 0.333. The highest BCUT2D eigenvalue weighted by atomic mass is 32.3. The lowest BCUT2D eigenvalue weighted by atomic mass is 10.7. The molecule has 12 heavy (non-hydrogen) atoms. The predicted molar refractivity (Wildman–Crippen MR) is 54.7 cm³/mol. The summed E-state index contributed by atoms with van der Waals surface area (Å²) in [6, 6.07) is 0. The largest absolute Gasteiger partial charge is 0.225 e. The average molecular weight is 216 g/mol. The Labute approximate surface area is 83.5 Å². The molecule has 1 aliphatic rings. The van der Waals surface area contributed by atoms with Crippen LogP contribution in [0.3, 0.4) is 0 Å². The Morgan fingerprint density at radius 1 is 1.08 bits per heavy atom. The summed E-state index contributed by atoms with van der Waals surface area (Å²) >= 11 is 5.54. The summed E-state index contributed by atoms with van der Waals surface area (Å²) in [6.45, 7) is 0. The van der Waals surface area contributed by atoms with Crippen molar-refractivity contribution in [1.82, 2.24) is 15.0 Å². The Balaban J connectivity index is 2.08. The summed E-state index contributed by atoms with van der Waals surface area (Å²) < 4.78 is 1.22. The Hall–Kier alpha value is 0.0600. The molecule has 0 saturated carbocycles. The molecule has 0 atom stereocenters. The van der Waals surface area contributed by atoms with Crippen molar-refractivity contribution in [3.63, 3.8) is 0 Å². The van der Waals surface area contributed by atoms with E-state index in [0.717, 1.165) is 16.0 Å². The predicted octanol–water partition coefficient (Wildman–Crippen LogP) is 1.84. The van der Waals surface area contributed by atoms with E-state index in [1.165, 1.54) is 17.2 Å². The summed E-state index contributed by atoms with van der Waals surface area (Å²) in [5, 5.41) is 2.21. The van der Waals surface area contributed by atoms with E-state index in [1.807, 2.05) is 11.8 Å². The molecular formula is C6H6N3S3. The lowest BCUT2D eigenvalue weighted by Gasteiger charge is -2.16. The maximum absolute atomic E-state index is 4.09. The van der Waals surface area contributed by atoms with E-state index in [4.69, 9.17) is 0 Å². The van der Waals surface area contributed by atoms with Gasteiger partial charge in [0, 0.05) is 10.2 Å². The van der Waals surface area contributed by atoms with Crippen molar-refractivity contribution < 1.29 is 0 Å². The SMILES string of the molecule is c1ncnc([C]2SCSCS2)n1. The van der Waals surface area contributed by atoms with Gasteiger partial charge in [-0.3, -0.25) is 0 Å². The molecule has 1 aliphatic heterocycles. The lowest BCUT2D eigenvalue weighted by molar-refractivity contribution is 0.998. The van der Waals surface area contributed by atoms with Crippen LogP contribution in [-0.4, -0.2) is 25.1 Å². The van der Waals surface area contributed by atoms with Crippen LogP contribution >= 0.6 is 35.3 Å². The van der Waals surface area contributed by atoms with Crippen molar-refractivity contribution in [2.75, 3.05) is 10.2 Å². The molecule has 0 amide bonds. The first-order valence-corrected chi connectivity index (χ1v) is 6.42. The molecule has 1 radical (unpaired) electrons. The van der Waals surface area contributed by atoms with Gasteiger partial charge in [-0.25, -0.2) is 15.0 Å². The molecular weight excluding hydrogens is 210 g/mol. The van der Waals surface area contributed by atoms with Crippen LogP contribution in [0.25, 0.3) is 0 Å². The number of aromatic nitrogens is 3. The minimum Gasteiger partial charge on any atom is -0.225 e. The van der Waals surface area contributed by atoms with Gasteiger partial charge >= 0.3 is 0 Å². The first kappa shape index (κ1) is 8.65. The second-order valence-electron chi connectivity index (χ2n) is 1.98. The van der Waals surface area contributed by atoms with Crippen molar-refractivity contribution in [3.05, 3.63) is 23.1 Å². The highest BCUT2D eigenvalue weighted by Crippen LogP contribution is 2.44. The molecule has 0 N–H and O–H groups in total. The van der Waals surface area contributed by atoms with Crippen molar-refractivity contribution >= 4 is 35.3 Å².